The predicted octanol–water partition coefficient (Wildman–Crippen LogP) is 3.95. The number of carbonyl (C=O) groups is 2. The standard InChI is InChI=1S/C22H25NO6/c1-14-17(15(2)29-23-14)13-27-20-10-8-16(12-21(20)26-3)9-11-22(25)28-19-7-5-4-6-18(19)24/h8-12,19H,4-7,13H2,1-3H3/b11-9+/t19-/m0/s1. The Balaban J connectivity index is 1.62. The SMILES string of the molecule is COc1cc(/C=C/C(=O)O[C@H]2CCCCC2=O)ccc1OCc1c(C)noc1C. The maximum Gasteiger partial charge on any atom is 0.331 e. The van der Waals surface area contributed by atoms with Gasteiger partial charge in [0.05, 0.1) is 18.4 Å². The Kier molecular flexibility index (Phi) is 6.69. The summed E-state index contributed by atoms with van der Waals surface area (Å²) in [6.45, 7) is 4.01. The Morgan fingerprint density at radius 1 is 1.28 bits per heavy atom. The van der Waals surface area contributed by atoms with E-state index in [0.29, 0.717) is 30.9 Å². The van der Waals surface area contributed by atoms with Gasteiger partial charge in [-0.3, -0.25) is 4.79 Å². The molecule has 0 spiro atoms. The molecule has 1 heterocycles. The molecule has 7 heteroatoms. The molecule has 1 aromatic heterocycles. The molecule has 0 aliphatic heterocycles. The number of Topliss-reactive ketones (excluding diaryl/α,β-unsaturated/α-hetero) is 1. The van der Waals surface area contributed by atoms with Gasteiger partial charge in [0.25, 0.3) is 0 Å². The number of benzene rings is 1. The summed E-state index contributed by atoms with van der Waals surface area (Å²) in [5.74, 6) is 1.30. The Hall–Kier alpha value is -3.09. The number of rotatable bonds is 7. The lowest BCUT2D eigenvalue weighted by atomic mass is 9.96. The van der Waals surface area contributed by atoms with Crippen LogP contribution in [-0.2, 0) is 20.9 Å². The number of nitrogens with zero attached hydrogens (tertiary/aromatic N) is 1. The second-order valence-electron chi connectivity index (χ2n) is 6.97. The van der Waals surface area contributed by atoms with Crippen molar-refractivity contribution >= 4 is 17.8 Å². The van der Waals surface area contributed by atoms with E-state index < -0.39 is 12.1 Å². The molecule has 7 nitrogen and oxygen atoms in total. The lowest BCUT2D eigenvalue weighted by Crippen LogP contribution is -2.29. The van der Waals surface area contributed by atoms with Crippen molar-refractivity contribution in [2.75, 3.05) is 7.11 Å². The van der Waals surface area contributed by atoms with Crippen molar-refractivity contribution in [3.63, 3.8) is 0 Å². The lowest BCUT2D eigenvalue weighted by molar-refractivity contribution is -0.152. The fraction of sp³-hybridized carbons (Fsp3) is 0.409. The summed E-state index contributed by atoms with van der Waals surface area (Å²) in [7, 11) is 1.55. The van der Waals surface area contributed by atoms with Gasteiger partial charge in [-0.1, -0.05) is 11.2 Å². The minimum atomic E-state index is -0.615. The van der Waals surface area contributed by atoms with E-state index in [1.54, 1.807) is 31.4 Å². The van der Waals surface area contributed by atoms with Gasteiger partial charge >= 0.3 is 5.97 Å². The third kappa shape index (κ3) is 5.25. The summed E-state index contributed by atoms with van der Waals surface area (Å²) in [5, 5.41) is 3.91. The van der Waals surface area contributed by atoms with Gasteiger partial charge in [0.15, 0.2) is 23.4 Å². The van der Waals surface area contributed by atoms with E-state index >= 15 is 0 Å². The molecular formula is C22H25NO6. The van der Waals surface area contributed by atoms with Crippen molar-refractivity contribution in [1.82, 2.24) is 5.16 Å². The van der Waals surface area contributed by atoms with Gasteiger partial charge in [-0.2, -0.15) is 0 Å². The summed E-state index contributed by atoms with van der Waals surface area (Å²) in [5.41, 5.74) is 2.44. The second-order valence-corrected chi connectivity index (χ2v) is 6.97. The first-order chi connectivity index (χ1) is 14.0. The number of hydrogen-bond donors (Lipinski definition) is 0. The van der Waals surface area contributed by atoms with Crippen molar-refractivity contribution < 1.29 is 28.3 Å². The maximum absolute atomic E-state index is 12.0. The van der Waals surface area contributed by atoms with E-state index in [1.807, 2.05) is 13.8 Å². The van der Waals surface area contributed by atoms with Gasteiger partial charge in [-0.05, 0) is 56.9 Å². The molecule has 1 aliphatic carbocycles. The average molecular weight is 399 g/mol. The van der Waals surface area contributed by atoms with Gasteiger partial charge in [-0.15, -0.1) is 0 Å². The van der Waals surface area contributed by atoms with Crippen LogP contribution in [0.15, 0.2) is 28.8 Å². The van der Waals surface area contributed by atoms with Gasteiger partial charge in [-0.25, -0.2) is 4.79 Å². The highest BCUT2D eigenvalue weighted by molar-refractivity contribution is 5.91. The molecule has 0 bridgehead atoms. The third-order valence-corrected chi connectivity index (χ3v) is 4.91. The largest absolute Gasteiger partial charge is 0.493 e. The lowest BCUT2D eigenvalue weighted by Gasteiger charge is -2.19. The Labute approximate surface area is 169 Å². The number of aryl methyl sites for hydroxylation is 2. The number of esters is 1. The number of methoxy groups -OCH3 is 1. The third-order valence-electron chi connectivity index (χ3n) is 4.91. The van der Waals surface area contributed by atoms with Crippen molar-refractivity contribution in [2.24, 2.45) is 0 Å². The van der Waals surface area contributed by atoms with Crippen molar-refractivity contribution in [3.8, 4) is 11.5 Å². The van der Waals surface area contributed by atoms with E-state index in [0.717, 1.165) is 35.4 Å². The van der Waals surface area contributed by atoms with E-state index in [4.69, 9.17) is 18.7 Å². The first-order valence-corrected chi connectivity index (χ1v) is 9.62. The predicted molar refractivity (Wildman–Crippen MR) is 106 cm³/mol. The normalized spacial score (nSPS) is 16.8. The zero-order valence-electron chi connectivity index (χ0n) is 16.9. The average Bonchev–Trinajstić information content (AvgIpc) is 3.04. The molecule has 1 fully saturated rings. The van der Waals surface area contributed by atoms with E-state index in [1.165, 1.54) is 6.08 Å². The molecule has 2 aromatic rings. The first kappa shape index (κ1) is 20.6. The number of ketones is 1. The molecule has 0 saturated heterocycles. The molecule has 154 valence electrons. The van der Waals surface area contributed by atoms with Gasteiger partial charge < -0.3 is 18.7 Å². The molecule has 0 amide bonds. The number of ether oxygens (including phenoxy) is 3. The van der Waals surface area contributed by atoms with E-state index in [9.17, 15) is 9.59 Å². The molecule has 1 aliphatic rings. The minimum Gasteiger partial charge on any atom is -0.493 e. The van der Waals surface area contributed by atoms with Gasteiger partial charge in [0.1, 0.15) is 12.4 Å². The topological polar surface area (TPSA) is 87.9 Å². The fourth-order valence-electron chi connectivity index (χ4n) is 3.18. The van der Waals surface area contributed by atoms with Crippen LogP contribution < -0.4 is 9.47 Å². The smallest absolute Gasteiger partial charge is 0.331 e. The zero-order chi connectivity index (χ0) is 20.8. The van der Waals surface area contributed by atoms with Crippen LogP contribution >= 0.6 is 0 Å². The second kappa shape index (κ2) is 9.41. The molecule has 0 radical (unpaired) electrons. The van der Waals surface area contributed by atoms with Crippen LogP contribution in [0.4, 0.5) is 0 Å². The number of aromatic nitrogens is 1. The highest BCUT2D eigenvalue weighted by Gasteiger charge is 2.24. The highest BCUT2D eigenvalue weighted by Crippen LogP contribution is 2.30. The Bertz CT molecular complexity index is 895. The van der Waals surface area contributed by atoms with Crippen LogP contribution in [0.5, 0.6) is 11.5 Å². The van der Waals surface area contributed by atoms with Gasteiger partial charge in [0.2, 0.25) is 0 Å². The van der Waals surface area contributed by atoms with Crippen LogP contribution in [0.25, 0.3) is 6.08 Å². The van der Waals surface area contributed by atoms with E-state index in [-0.39, 0.29) is 5.78 Å². The molecule has 1 aromatic carbocycles. The summed E-state index contributed by atoms with van der Waals surface area (Å²) in [4.78, 5) is 23.8. The number of carbonyl (C=O) groups excluding carboxylic acids is 2. The summed E-state index contributed by atoms with van der Waals surface area (Å²) in [6, 6.07) is 5.34. The van der Waals surface area contributed by atoms with Crippen LogP contribution in [0.2, 0.25) is 0 Å². The Morgan fingerprint density at radius 2 is 2.10 bits per heavy atom. The fourth-order valence-corrected chi connectivity index (χ4v) is 3.18. The summed E-state index contributed by atoms with van der Waals surface area (Å²) >= 11 is 0. The monoisotopic (exact) mass is 399 g/mol. The Morgan fingerprint density at radius 3 is 2.79 bits per heavy atom. The molecule has 3 rings (SSSR count). The van der Waals surface area contributed by atoms with Crippen molar-refractivity contribution in [1.29, 1.82) is 0 Å². The van der Waals surface area contributed by atoms with Crippen LogP contribution in [-0.4, -0.2) is 30.1 Å². The first-order valence-electron chi connectivity index (χ1n) is 9.62. The number of hydrogen-bond acceptors (Lipinski definition) is 7. The van der Waals surface area contributed by atoms with Gasteiger partial charge in [0, 0.05) is 12.5 Å². The van der Waals surface area contributed by atoms with Crippen molar-refractivity contribution in [3.05, 3.63) is 46.9 Å². The van der Waals surface area contributed by atoms with E-state index in [2.05, 4.69) is 5.16 Å². The molecule has 29 heavy (non-hydrogen) atoms. The quantitative estimate of drug-likeness (QED) is 0.514. The highest BCUT2D eigenvalue weighted by atomic mass is 16.5. The molecule has 0 unspecified atom stereocenters. The van der Waals surface area contributed by atoms with Crippen LogP contribution in [0.3, 0.4) is 0 Å². The maximum atomic E-state index is 12.0. The molecule has 1 saturated carbocycles. The van der Waals surface area contributed by atoms with Crippen molar-refractivity contribution in [2.45, 2.75) is 52.2 Å². The molecular weight excluding hydrogens is 374 g/mol. The minimum absolute atomic E-state index is 0.000494. The summed E-state index contributed by atoms with van der Waals surface area (Å²) in [6.07, 6.45) is 5.18. The molecule has 0 N–H and O–H groups in total. The summed E-state index contributed by atoms with van der Waals surface area (Å²) < 4.78 is 21.7. The zero-order valence-corrected chi connectivity index (χ0v) is 16.9. The van der Waals surface area contributed by atoms with Crippen LogP contribution in [0.1, 0.15) is 48.3 Å². The van der Waals surface area contributed by atoms with Crippen LogP contribution in [0, 0.1) is 13.8 Å². The molecule has 1 atom stereocenters.